The number of hydrogen-bond donors (Lipinski definition) is 1. The molecular weight excluding hydrogens is 278 g/mol. The van der Waals surface area contributed by atoms with Gasteiger partial charge in [-0.05, 0) is 35.0 Å². The molecule has 4 heteroatoms. The second kappa shape index (κ2) is 5.48. The number of hydrogen-bond acceptors (Lipinski definition) is 3. The van der Waals surface area contributed by atoms with Gasteiger partial charge in [-0.15, -0.1) is 0 Å². The van der Waals surface area contributed by atoms with Crippen LogP contribution >= 0.6 is 0 Å². The Morgan fingerprint density at radius 3 is 2.14 bits per heavy atom. The Kier molecular flexibility index (Phi) is 3.51. The van der Waals surface area contributed by atoms with Crippen LogP contribution in [0.5, 0.6) is 5.75 Å². The van der Waals surface area contributed by atoms with Gasteiger partial charge in [0.25, 0.3) is 0 Å². The molecule has 0 aliphatic rings. The first-order valence-corrected chi connectivity index (χ1v) is 6.96. The topological polar surface area (TPSA) is 55.4 Å². The van der Waals surface area contributed by atoms with Crippen molar-refractivity contribution in [1.82, 2.24) is 0 Å². The molecule has 0 aromatic heterocycles. The molecular formula is C18H15NO3. The standard InChI is InChI=1S/C18H15NO3/c1-11(20)19-17-7-8-18(22-12(2)21)16-10-14-6-4-3-5-13(14)9-15(16)17/h3-10H,1-2H3,(H,19,20). The molecule has 22 heavy (non-hydrogen) atoms. The van der Waals surface area contributed by atoms with Crippen LogP contribution < -0.4 is 10.1 Å². The first kappa shape index (κ1) is 14.1. The maximum Gasteiger partial charge on any atom is 0.308 e. The van der Waals surface area contributed by atoms with Gasteiger partial charge in [0, 0.05) is 30.3 Å². The lowest BCUT2D eigenvalue weighted by Crippen LogP contribution is -2.07. The molecule has 1 N–H and O–H groups in total. The number of benzene rings is 3. The van der Waals surface area contributed by atoms with Crippen molar-refractivity contribution in [2.75, 3.05) is 5.32 Å². The van der Waals surface area contributed by atoms with Crippen molar-refractivity contribution in [2.45, 2.75) is 13.8 Å². The van der Waals surface area contributed by atoms with Crippen LogP contribution in [-0.4, -0.2) is 11.9 Å². The molecule has 0 aliphatic carbocycles. The Morgan fingerprint density at radius 2 is 1.55 bits per heavy atom. The Hall–Kier alpha value is -2.88. The summed E-state index contributed by atoms with van der Waals surface area (Å²) in [5, 5.41) is 6.55. The van der Waals surface area contributed by atoms with E-state index in [0.717, 1.165) is 21.5 Å². The first-order chi connectivity index (χ1) is 10.5. The minimum Gasteiger partial charge on any atom is -0.426 e. The van der Waals surface area contributed by atoms with E-state index >= 15 is 0 Å². The van der Waals surface area contributed by atoms with Crippen molar-refractivity contribution in [1.29, 1.82) is 0 Å². The van der Waals surface area contributed by atoms with Crippen LogP contribution in [0.25, 0.3) is 21.5 Å². The van der Waals surface area contributed by atoms with Crippen molar-refractivity contribution in [3.05, 3.63) is 48.5 Å². The van der Waals surface area contributed by atoms with E-state index in [1.165, 1.54) is 13.8 Å². The number of fused-ring (bicyclic) bond motifs is 2. The van der Waals surface area contributed by atoms with Crippen molar-refractivity contribution in [3.63, 3.8) is 0 Å². The number of ether oxygens (including phenoxy) is 1. The molecule has 0 saturated heterocycles. The number of rotatable bonds is 2. The van der Waals surface area contributed by atoms with Crippen LogP contribution in [-0.2, 0) is 9.59 Å². The number of anilines is 1. The van der Waals surface area contributed by atoms with Gasteiger partial charge in [-0.3, -0.25) is 9.59 Å². The van der Waals surface area contributed by atoms with Crippen molar-refractivity contribution in [2.24, 2.45) is 0 Å². The molecule has 3 aromatic carbocycles. The summed E-state index contributed by atoms with van der Waals surface area (Å²) in [5.74, 6) is -0.0289. The van der Waals surface area contributed by atoms with Crippen LogP contribution in [0.1, 0.15) is 13.8 Å². The van der Waals surface area contributed by atoms with E-state index < -0.39 is 0 Å². The monoisotopic (exact) mass is 293 g/mol. The molecule has 0 saturated carbocycles. The fraction of sp³-hybridized carbons (Fsp3) is 0.111. The lowest BCUT2D eigenvalue weighted by atomic mass is 10.0. The van der Waals surface area contributed by atoms with Crippen LogP contribution in [0.3, 0.4) is 0 Å². The summed E-state index contributed by atoms with van der Waals surface area (Å²) in [5.41, 5.74) is 0.698. The average Bonchev–Trinajstić information content (AvgIpc) is 2.47. The predicted octanol–water partition coefficient (Wildman–Crippen LogP) is 3.88. The molecule has 0 spiro atoms. The summed E-state index contributed by atoms with van der Waals surface area (Å²) in [4.78, 5) is 22.7. The molecule has 110 valence electrons. The minimum atomic E-state index is -0.373. The molecule has 1 amide bonds. The van der Waals surface area contributed by atoms with Gasteiger partial charge in [0.15, 0.2) is 0 Å². The molecule has 0 aliphatic heterocycles. The van der Waals surface area contributed by atoms with Crippen molar-refractivity contribution < 1.29 is 14.3 Å². The largest absolute Gasteiger partial charge is 0.426 e. The Balaban J connectivity index is 2.32. The first-order valence-electron chi connectivity index (χ1n) is 6.96. The van der Waals surface area contributed by atoms with Crippen molar-refractivity contribution in [3.8, 4) is 5.75 Å². The van der Waals surface area contributed by atoms with E-state index in [1.807, 2.05) is 36.4 Å². The molecule has 3 rings (SSSR count). The maximum absolute atomic E-state index is 11.4. The highest BCUT2D eigenvalue weighted by Gasteiger charge is 2.11. The summed E-state index contributed by atoms with van der Waals surface area (Å²) >= 11 is 0. The van der Waals surface area contributed by atoms with E-state index in [2.05, 4.69) is 5.32 Å². The highest BCUT2D eigenvalue weighted by atomic mass is 16.5. The quantitative estimate of drug-likeness (QED) is 0.443. The lowest BCUT2D eigenvalue weighted by Gasteiger charge is -2.12. The number of nitrogens with one attached hydrogen (secondary N) is 1. The van der Waals surface area contributed by atoms with Gasteiger partial charge >= 0.3 is 5.97 Å². The molecule has 0 heterocycles. The van der Waals surface area contributed by atoms with Crippen LogP contribution in [0.15, 0.2) is 48.5 Å². The summed E-state index contributed by atoms with van der Waals surface area (Å²) in [6.45, 7) is 2.83. The number of carbonyl (C=O) groups excluding carboxylic acids is 2. The highest BCUT2D eigenvalue weighted by molar-refractivity contribution is 6.09. The van der Waals surface area contributed by atoms with E-state index in [9.17, 15) is 9.59 Å². The van der Waals surface area contributed by atoms with Gasteiger partial charge in [0.1, 0.15) is 5.75 Å². The number of esters is 1. The van der Waals surface area contributed by atoms with Gasteiger partial charge in [-0.2, -0.15) is 0 Å². The SMILES string of the molecule is CC(=O)Nc1ccc(OC(C)=O)c2cc3ccccc3cc12. The second-order valence-electron chi connectivity index (χ2n) is 5.13. The van der Waals surface area contributed by atoms with Crippen LogP contribution in [0.2, 0.25) is 0 Å². The molecule has 0 bridgehead atoms. The third-order valence-corrected chi connectivity index (χ3v) is 3.41. The molecule has 4 nitrogen and oxygen atoms in total. The van der Waals surface area contributed by atoms with E-state index in [4.69, 9.17) is 4.74 Å². The van der Waals surface area contributed by atoms with E-state index in [0.29, 0.717) is 11.4 Å². The molecule has 0 unspecified atom stereocenters. The van der Waals surface area contributed by atoms with Gasteiger partial charge in [-0.1, -0.05) is 24.3 Å². The molecule has 0 fully saturated rings. The zero-order chi connectivity index (χ0) is 15.7. The second-order valence-corrected chi connectivity index (χ2v) is 5.13. The zero-order valence-electron chi connectivity index (χ0n) is 12.3. The number of amides is 1. The van der Waals surface area contributed by atoms with Crippen molar-refractivity contribution >= 4 is 39.1 Å². The van der Waals surface area contributed by atoms with Gasteiger partial charge in [0.2, 0.25) is 5.91 Å². The van der Waals surface area contributed by atoms with E-state index in [-0.39, 0.29) is 11.9 Å². The Bertz CT molecular complexity index is 825. The lowest BCUT2D eigenvalue weighted by molar-refractivity contribution is -0.131. The van der Waals surface area contributed by atoms with Gasteiger partial charge < -0.3 is 10.1 Å². The molecule has 0 atom stereocenters. The molecule has 3 aromatic rings. The summed E-state index contributed by atoms with van der Waals surface area (Å²) in [6.07, 6.45) is 0. The van der Waals surface area contributed by atoms with E-state index in [1.54, 1.807) is 12.1 Å². The van der Waals surface area contributed by atoms with Gasteiger partial charge in [-0.25, -0.2) is 0 Å². The fourth-order valence-electron chi connectivity index (χ4n) is 2.55. The fourth-order valence-corrected chi connectivity index (χ4v) is 2.55. The summed E-state index contributed by atoms with van der Waals surface area (Å²) < 4.78 is 5.28. The molecule has 0 radical (unpaired) electrons. The zero-order valence-corrected chi connectivity index (χ0v) is 12.3. The smallest absolute Gasteiger partial charge is 0.308 e. The van der Waals surface area contributed by atoms with Gasteiger partial charge in [0.05, 0.1) is 0 Å². The third-order valence-electron chi connectivity index (χ3n) is 3.41. The van der Waals surface area contributed by atoms with Crippen LogP contribution in [0, 0.1) is 0 Å². The normalized spacial score (nSPS) is 10.6. The average molecular weight is 293 g/mol. The maximum atomic E-state index is 11.4. The highest BCUT2D eigenvalue weighted by Crippen LogP contribution is 2.35. The summed E-state index contributed by atoms with van der Waals surface area (Å²) in [7, 11) is 0. The Labute approximate surface area is 127 Å². The summed E-state index contributed by atoms with van der Waals surface area (Å²) in [6, 6.07) is 15.3. The predicted molar refractivity (Wildman–Crippen MR) is 87.1 cm³/mol. The number of carbonyl (C=O) groups is 2. The Morgan fingerprint density at radius 1 is 0.909 bits per heavy atom. The third kappa shape index (κ3) is 2.63. The minimum absolute atomic E-state index is 0.144. The van der Waals surface area contributed by atoms with Crippen LogP contribution in [0.4, 0.5) is 5.69 Å².